The van der Waals surface area contributed by atoms with Crippen LogP contribution in [0, 0.1) is 11.3 Å². The maximum Gasteiger partial charge on any atom is 0.142 e. The number of halogens is 1. The van der Waals surface area contributed by atoms with Gasteiger partial charge in [0.25, 0.3) is 0 Å². The van der Waals surface area contributed by atoms with Crippen LogP contribution in [0.15, 0.2) is 89.3 Å². The van der Waals surface area contributed by atoms with Crippen molar-refractivity contribution in [1.29, 1.82) is 5.26 Å². The second-order valence-corrected chi connectivity index (χ2v) is 6.36. The number of hydrogen-bond acceptors (Lipinski definition) is 2. The van der Waals surface area contributed by atoms with Crippen LogP contribution in [-0.2, 0) is 0 Å². The SMILES string of the molecule is N#Cc1ccc(-c2cc(-c3ccccc3)oc2-c2cccc(Cl)c2)cc1. The van der Waals surface area contributed by atoms with Crippen molar-refractivity contribution in [1.82, 2.24) is 0 Å². The van der Waals surface area contributed by atoms with Crippen molar-refractivity contribution in [3.05, 3.63) is 95.5 Å². The molecule has 0 N–H and O–H groups in total. The summed E-state index contributed by atoms with van der Waals surface area (Å²) in [5.41, 5.74) is 4.51. The normalized spacial score (nSPS) is 10.5. The third-order valence-electron chi connectivity index (χ3n) is 4.20. The molecule has 3 heteroatoms. The average molecular weight is 356 g/mol. The van der Waals surface area contributed by atoms with Crippen molar-refractivity contribution in [3.8, 4) is 39.8 Å². The summed E-state index contributed by atoms with van der Waals surface area (Å²) >= 11 is 6.18. The van der Waals surface area contributed by atoms with Gasteiger partial charge in [-0.05, 0) is 35.9 Å². The molecular formula is C23H14ClNO. The third kappa shape index (κ3) is 3.13. The highest BCUT2D eigenvalue weighted by Gasteiger charge is 2.16. The number of benzene rings is 3. The summed E-state index contributed by atoms with van der Waals surface area (Å²) in [6.07, 6.45) is 0. The van der Waals surface area contributed by atoms with Gasteiger partial charge < -0.3 is 4.42 Å². The van der Waals surface area contributed by atoms with Crippen molar-refractivity contribution in [2.24, 2.45) is 0 Å². The van der Waals surface area contributed by atoms with E-state index in [4.69, 9.17) is 21.3 Å². The van der Waals surface area contributed by atoms with E-state index in [1.807, 2.05) is 84.9 Å². The summed E-state index contributed by atoms with van der Waals surface area (Å²) < 4.78 is 6.23. The molecule has 4 rings (SSSR count). The van der Waals surface area contributed by atoms with Crippen molar-refractivity contribution < 1.29 is 4.42 Å². The van der Waals surface area contributed by atoms with E-state index in [9.17, 15) is 0 Å². The molecule has 0 atom stereocenters. The molecule has 0 aliphatic rings. The molecule has 4 aromatic rings. The zero-order valence-electron chi connectivity index (χ0n) is 13.8. The lowest BCUT2D eigenvalue weighted by molar-refractivity contribution is 0.598. The molecular weight excluding hydrogens is 342 g/mol. The van der Waals surface area contributed by atoms with Gasteiger partial charge in [0.05, 0.1) is 11.6 Å². The van der Waals surface area contributed by atoms with Gasteiger partial charge in [0.15, 0.2) is 0 Å². The molecule has 1 aromatic heterocycles. The first-order chi connectivity index (χ1) is 12.7. The van der Waals surface area contributed by atoms with Gasteiger partial charge in [0, 0.05) is 21.7 Å². The smallest absolute Gasteiger partial charge is 0.142 e. The van der Waals surface area contributed by atoms with Gasteiger partial charge in [-0.25, -0.2) is 0 Å². The Morgan fingerprint density at radius 1 is 0.731 bits per heavy atom. The summed E-state index contributed by atoms with van der Waals surface area (Å²) in [6.45, 7) is 0. The second kappa shape index (κ2) is 6.92. The zero-order valence-corrected chi connectivity index (χ0v) is 14.6. The van der Waals surface area contributed by atoms with Crippen LogP contribution in [0.4, 0.5) is 0 Å². The number of furan rings is 1. The Bertz CT molecular complexity index is 1090. The van der Waals surface area contributed by atoms with E-state index in [1.165, 1.54) is 0 Å². The molecule has 0 saturated carbocycles. The molecule has 0 fully saturated rings. The van der Waals surface area contributed by atoms with Crippen LogP contribution >= 0.6 is 11.6 Å². The van der Waals surface area contributed by atoms with Gasteiger partial charge >= 0.3 is 0 Å². The van der Waals surface area contributed by atoms with E-state index in [0.29, 0.717) is 10.6 Å². The number of nitriles is 1. The Labute approximate surface area is 156 Å². The number of rotatable bonds is 3. The zero-order chi connectivity index (χ0) is 17.9. The quantitative estimate of drug-likeness (QED) is 0.405. The third-order valence-corrected chi connectivity index (χ3v) is 4.44. The van der Waals surface area contributed by atoms with E-state index >= 15 is 0 Å². The van der Waals surface area contributed by atoms with Gasteiger partial charge in [0.2, 0.25) is 0 Å². The Balaban J connectivity index is 1.90. The van der Waals surface area contributed by atoms with E-state index in [1.54, 1.807) is 0 Å². The van der Waals surface area contributed by atoms with Gasteiger partial charge in [0.1, 0.15) is 11.5 Å². The molecule has 0 saturated heterocycles. The second-order valence-electron chi connectivity index (χ2n) is 5.92. The van der Waals surface area contributed by atoms with Crippen molar-refractivity contribution >= 4 is 11.6 Å². The van der Waals surface area contributed by atoms with E-state index in [-0.39, 0.29) is 0 Å². The van der Waals surface area contributed by atoms with Crippen molar-refractivity contribution in [2.75, 3.05) is 0 Å². The Kier molecular flexibility index (Phi) is 4.31. The summed E-state index contributed by atoms with van der Waals surface area (Å²) in [6, 6.07) is 29.3. The van der Waals surface area contributed by atoms with Crippen LogP contribution in [0.1, 0.15) is 5.56 Å². The first-order valence-corrected chi connectivity index (χ1v) is 8.58. The maximum atomic E-state index is 9.03. The van der Waals surface area contributed by atoms with Crippen molar-refractivity contribution in [3.63, 3.8) is 0 Å². The first kappa shape index (κ1) is 16.2. The molecule has 1 heterocycles. The van der Waals surface area contributed by atoms with E-state index in [0.717, 1.165) is 33.8 Å². The molecule has 2 nitrogen and oxygen atoms in total. The Morgan fingerprint density at radius 2 is 1.46 bits per heavy atom. The average Bonchev–Trinajstić information content (AvgIpc) is 3.14. The Morgan fingerprint density at radius 3 is 2.15 bits per heavy atom. The first-order valence-electron chi connectivity index (χ1n) is 8.20. The van der Waals surface area contributed by atoms with Crippen LogP contribution in [-0.4, -0.2) is 0 Å². The molecule has 26 heavy (non-hydrogen) atoms. The van der Waals surface area contributed by atoms with Gasteiger partial charge in [-0.3, -0.25) is 0 Å². The predicted molar refractivity (Wildman–Crippen MR) is 105 cm³/mol. The number of hydrogen-bond donors (Lipinski definition) is 0. The number of nitrogens with zero attached hydrogens (tertiary/aromatic N) is 1. The van der Waals surface area contributed by atoms with Crippen LogP contribution in [0.25, 0.3) is 33.8 Å². The monoisotopic (exact) mass is 355 g/mol. The largest absolute Gasteiger partial charge is 0.455 e. The van der Waals surface area contributed by atoms with E-state index in [2.05, 4.69) is 6.07 Å². The summed E-state index contributed by atoms with van der Waals surface area (Å²) in [4.78, 5) is 0. The van der Waals surface area contributed by atoms with Gasteiger partial charge in [-0.15, -0.1) is 0 Å². The molecule has 0 amide bonds. The minimum Gasteiger partial charge on any atom is -0.455 e. The molecule has 3 aromatic carbocycles. The summed E-state index contributed by atoms with van der Waals surface area (Å²) in [7, 11) is 0. The maximum absolute atomic E-state index is 9.03. The highest BCUT2D eigenvalue weighted by atomic mass is 35.5. The minimum absolute atomic E-state index is 0.629. The van der Waals surface area contributed by atoms with Gasteiger partial charge in [-0.1, -0.05) is 66.2 Å². The predicted octanol–water partition coefficient (Wildman–Crippen LogP) is 6.81. The highest BCUT2D eigenvalue weighted by Crippen LogP contribution is 2.39. The summed E-state index contributed by atoms with van der Waals surface area (Å²) in [5.74, 6) is 1.55. The Hall–Kier alpha value is -3.28. The molecule has 0 bridgehead atoms. The molecule has 0 aliphatic carbocycles. The van der Waals surface area contributed by atoms with Crippen LogP contribution in [0.2, 0.25) is 5.02 Å². The van der Waals surface area contributed by atoms with E-state index < -0.39 is 0 Å². The van der Waals surface area contributed by atoms with Crippen molar-refractivity contribution in [2.45, 2.75) is 0 Å². The summed E-state index contributed by atoms with van der Waals surface area (Å²) in [5, 5.41) is 9.69. The lowest BCUT2D eigenvalue weighted by atomic mass is 10.0. The minimum atomic E-state index is 0.629. The molecule has 0 unspecified atom stereocenters. The molecule has 0 radical (unpaired) electrons. The molecule has 0 aliphatic heterocycles. The molecule has 124 valence electrons. The van der Waals surface area contributed by atoms with Crippen LogP contribution in [0.5, 0.6) is 0 Å². The standard InChI is InChI=1S/C23H14ClNO/c24-20-8-4-7-19(13-20)23-21(17-11-9-16(15-25)10-12-17)14-22(26-23)18-5-2-1-3-6-18/h1-14H. The fourth-order valence-corrected chi connectivity index (χ4v) is 3.11. The lowest BCUT2D eigenvalue weighted by Gasteiger charge is -2.04. The van der Waals surface area contributed by atoms with Crippen LogP contribution in [0.3, 0.4) is 0 Å². The van der Waals surface area contributed by atoms with Crippen LogP contribution < -0.4 is 0 Å². The lowest BCUT2D eigenvalue weighted by Crippen LogP contribution is -1.81. The fourth-order valence-electron chi connectivity index (χ4n) is 2.92. The highest BCUT2D eigenvalue weighted by molar-refractivity contribution is 6.30. The molecule has 0 spiro atoms. The van der Waals surface area contributed by atoms with Gasteiger partial charge in [-0.2, -0.15) is 5.26 Å². The topological polar surface area (TPSA) is 36.9 Å². The fraction of sp³-hybridized carbons (Fsp3) is 0.